The monoisotopic (exact) mass is 177 g/mol. The van der Waals surface area contributed by atoms with Gasteiger partial charge in [0.1, 0.15) is 0 Å². The van der Waals surface area contributed by atoms with Gasteiger partial charge in [-0.1, -0.05) is 6.07 Å². The zero-order valence-corrected chi connectivity index (χ0v) is 6.92. The summed E-state index contributed by atoms with van der Waals surface area (Å²) in [6.07, 6.45) is 0. The van der Waals surface area contributed by atoms with Gasteiger partial charge in [-0.15, -0.1) is 11.3 Å². The van der Waals surface area contributed by atoms with E-state index in [1.165, 1.54) is 13.1 Å². The average molecular weight is 177 g/mol. The number of halogens is 2. The fraction of sp³-hybridized carbons (Fsp3) is 0.429. The topological polar surface area (TPSA) is 12.0 Å². The second-order valence-electron chi connectivity index (χ2n) is 2.21. The van der Waals surface area contributed by atoms with E-state index in [4.69, 9.17) is 0 Å². The van der Waals surface area contributed by atoms with E-state index in [0.717, 1.165) is 11.3 Å². The SMILES string of the molecule is CNCC(F)(F)c1cccs1. The summed E-state index contributed by atoms with van der Waals surface area (Å²) in [5, 5.41) is 4.10. The van der Waals surface area contributed by atoms with Gasteiger partial charge < -0.3 is 5.32 Å². The third-order valence-corrected chi connectivity index (χ3v) is 2.26. The maximum Gasteiger partial charge on any atom is 0.294 e. The van der Waals surface area contributed by atoms with Crippen molar-refractivity contribution < 1.29 is 8.78 Å². The molecule has 0 radical (unpaired) electrons. The van der Waals surface area contributed by atoms with Crippen molar-refractivity contribution in [3.8, 4) is 0 Å². The maximum absolute atomic E-state index is 12.9. The minimum absolute atomic E-state index is 0.117. The lowest BCUT2D eigenvalue weighted by atomic mass is 10.3. The van der Waals surface area contributed by atoms with Gasteiger partial charge in [-0.05, 0) is 18.5 Å². The van der Waals surface area contributed by atoms with Gasteiger partial charge in [0.15, 0.2) is 0 Å². The first-order valence-electron chi connectivity index (χ1n) is 3.23. The fourth-order valence-electron chi connectivity index (χ4n) is 0.796. The Morgan fingerprint density at radius 2 is 2.36 bits per heavy atom. The van der Waals surface area contributed by atoms with Crippen molar-refractivity contribution in [1.82, 2.24) is 5.32 Å². The maximum atomic E-state index is 12.9. The summed E-state index contributed by atoms with van der Waals surface area (Å²) in [7, 11) is 1.52. The van der Waals surface area contributed by atoms with Crippen molar-refractivity contribution in [2.24, 2.45) is 0 Å². The van der Waals surface area contributed by atoms with Gasteiger partial charge in [-0.3, -0.25) is 0 Å². The second-order valence-corrected chi connectivity index (χ2v) is 3.16. The average Bonchev–Trinajstić information content (AvgIpc) is 2.37. The predicted octanol–water partition coefficient (Wildman–Crippen LogP) is 2.06. The Morgan fingerprint density at radius 3 is 2.82 bits per heavy atom. The Labute approximate surface area is 68.0 Å². The molecule has 0 bridgehead atoms. The minimum Gasteiger partial charge on any atom is -0.314 e. The molecule has 0 aromatic carbocycles. The van der Waals surface area contributed by atoms with Crippen LogP contribution < -0.4 is 5.32 Å². The molecular formula is C7H9F2NS. The van der Waals surface area contributed by atoms with Crippen molar-refractivity contribution in [3.63, 3.8) is 0 Å². The molecule has 4 heteroatoms. The lowest BCUT2D eigenvalue weighted by Gasteiger charge is -2.12. The molecule has 1 N–H and O–H groups in total. The molecule has 0 saturated carbocycles. The molecular weight excluding hydrogens is 168 g/mol. The highest BCUT2D eigenvalue weighted by molar-refractivity contribution is 7.10. The zero-order chi connectivity index (χ0) is 8.32. The van der Waals surface area contributed by atoms with Gasteiger partial charge in [-0.2, -0.15) is 8.78 Å². The van der Waals surface area contributed by atoms with E-state index in [0.29, 0.717) is 0 Å². The molecule has 1 aromatic rings. The van der Waals surface area contributed by atoms with Crippen LogP contribution in [0.4, 0.5) is 8.78 Å². The lowest BCUT2D eigenvalue weighted by molar-refractivity contribution is 0.00263. The van der Waals surface area contributed by atoms with Crippen LogP contribution in [0.3, 0.4) is 0 Å². The summed E-state index contributed by atoms with van der Waals surface area (Å²) >= 11 is 1.08. The normalized spacial score (nSPS) is 11.9. The molecule has 1 nitrogen and oxygen atoms in total. The predicted molar refractivity (Wildman–Crippen MR) is 42.1 cm³/mol. The molecule has 0 aliphatic carbocycles. The first kappa shape index (κ1) is 8.62. The largest absolute Gasteiger partial charge is 0.314 e. The standard InChI is InChI=1S/C7H9F2NS/c1-10-5-7(8,9)6-3-2-4-11-6/h2-4,10H,5H2,1H3. The second kappa shape index (κ2) is 3.28. The van der Waals surface area contributed by atoms with Gasteiger partial charge >= 0.3 is 0 Å². The van der Waals surface area contributed by atoms with Crippen molar-refractivity contribution in [2.45, 2.75) is 5.92 Å². The molecule has 0 unspecified atom stereocenters. The van der Waals surface area contributed by atoms with E-state index >= 15 is 0 Å². The first-order chi connectivity index (χ1) is 5.17. The molecule has 11 heavy (non-hydrogen) atoms. The van der Waals surface area contributed by atoms with E-state index < -0.39 is 5.92 Å². The van der Waals surface area contributed by atoms with Crippen LogP contribution in [0.2, 0.25) is 0 Å². The molecule has 1 heterocycles. The first-order valence-corrected chi connectivity index (χ1v) is 4.11. The molecule has 0 aliphatic heterocycles. The number of hydrogen-bond donors (Lipinski definition) is 1. The van der Waals surface area contributed by atoms with E-state index in [1.54, 1.807) is 11.4 Å². The Kier molecular flexibility index (Phi) is 2.57. The Balaban J connectivity index is 2.73. The summed E-state index contributed by atoms with van der Waals surface area (Å²) < 4.78 is 25.9. The number of thiophene rings is 1. The molecule has 0 aliphatic rings. The molecule has 0 amide bonds. The van der Waals surface area contributed by atoms with Crippen molar-refractivity contribution in [3.05, 3.63) is 22.4 Å². The van der Waals surface area contributed by atoms with Crippen LogP contribution in [-0.4, -0.2) is 13.6 Å². The highest BCUT2D eigenvalue weighted by Crippen LogP contribution is 2.30. The van der Waals surface area contributed by atoms with Gasteiger partial charge in [0.2, 0.25) is 0 Å². The van der Waals surface area contributed by atoms with Crippen LogP contribution in [0.25, 0.3) is 0 Å². The smallest absolute Gasteiger partial charge is 0.294 e. The van der Waals surface area contributed by atoms with E-state index in [9.17, 15) is 8.78 Å². The fourth-order valence-corrected chi connectivity index (χ4v) is 1.50. The van der Waals surface area contributed by atoms with Gasteiger partial charge in [0.25, 0.3) is 5.92 Å². The summed E-state index contributed by atoms with van der Waals surface area (Å²) in [6.45, 7) is -0.298. The van der Waals surface area contributed by atoms with Crippen LogP contribution in [0, 0.1) is 0 Å². The summed E-state index contributed by atoms with van der Waals surface area (Å²) in [5.74, 6) is -2.72. The zero-order valence-electron chi connectivity index (χ0n) is 6.10. The molecule has 1 rings (SSSR count). The minimum atomic E-state index is -2.72. The quantitative estimate of drug-likeness (QED) is 0.745. The summed E-state index contributed by atoms with van der Waals surface area (Å²) in [6, 6.07) is 3.07. The number of alkyl halides is 2. The molecule has 0 spiro atoms. The number of rotatable bonds is 3. The third-order valence-electron chi connectivity index (χ3n) is 1.28. The van der Waals surface area contributed by atoms with Crippen LogP contribution in [0.15, 0.2) is 17.5 Å². The Hall–Kier alpha value is -0.480. The Bertz CT molecular complexity index is 208. The highest BCUT2D eigenvalue weighted by atomic mass is 32.1. The highest BCUT2D eigenvalue weighted by Gasteiger charge is 2.31. The van der Waals surface area contributed by atoms with E-state index in [-0.39, 0.29) is 11.4 Å². The summed E-state index contributed by atoms with van der Waals surface area (Å²) in [5.41, 5.74) is 0. The number of likely N-dealkylation sites (N-methyl/N-ethyl adjacent to an activating group) is 1. The van der Waals surface area contributed by atoms with Gasteiger partial charge in [0.05, 0.1) is 11.4 Å². The van der Waals surface area contributed by atoms with E-state index in [1.807, 2.05) is 0 Å². The van der Waals surface area contributed by atoms with Crippen molar-refractivity contribution >= 4 is 11.3 Å². The molecule has 1 aromatic heterocycles. The van der Waals surface area contributed by atoms with Gasteiger partial charge in [0, 0.05) is 0 Å². The van der Waals surface area contributed by atoms with Crippen LogP contribution in [0.1, 0.15) is 4.88 Å². The molecule has 62 valence electrons. The van der Waals surface area contributed by atoms with Crippen molar-refractivity contribution in [2.75, 3.05) is 13.6 Å². The number of hydrogen-bond acceptors (Lipinski definition) is 2. The number of nitrogens with one attached hydrogen (secondary N) is 1. The Morgan fingerprint density at radius 1 is 1.64 bits per heavy atom. The third kappa shape index (κ3) is 1.97. The summed E-state index contributed by atoms with van der Waals surface area (Å²) in [4.78, 5) is 0.117. The van der Waals surface area contributed by atoms with Gasteiger partial charge in [-0.25, -0.2) is 0 Å². The van der Waals surface area contributed by atoms with Crippen LogP contribution >= 0.6 is 11.3 Å². The van der Waals surface area contributed by atoms with Crippen LogP contribution in [-0.2, 0) is 5.92 Å². The molecule has 0 atom stereocenters. The van der Waals surface area contributed by atoms with E-state index in [2.05, 4.69) is 5.32 Å². The molecule has 0 fully saturated rings. The van der Waals surface area contributed by atoms with Crippen LogP contribution in [0.5, 0.6) is 0 Å². The lowest BCUT2D eigenvalue weighted by Crippen LogP contribution is -2.26. The molecule has 0 saturated heterocycles. The van der Waals surface area contributed by atoms with Crippen molar-refractivity contribution in [1.29, 1.82) is 0 Å².